The molecule has 0 spiro atoms. The fourth-order valence-electron chi connectivity index (χ4n) is 2.81. The predicted molar refractivity (Wildman–Crippen MR) is 87.3 cm³/mol. The number of hydrogen-bond acceptors (Lipinski definition) is 4. The highest BCUT2D eigenvalue weighted by molar-refractivity contribution is 5.80. The molecular formula is C18H25NO4. The minimum atomic E-state index is -0.189. The molecule has 0 unspecified atom stereocenters. The second-order valence-corrected chi connectivity index (χ2v) is 5.68. The normalized spacial score (nSPS) is 17.7. The molecule has 0 radical (unpaired) electrons. The van der Waals surface area contributed by atoms with Gasteiger partial charge in [0.25, 0.3) is 0 Å². The Morgan fingerprint density at radius 1 is 1.17 bits per heavy atom. The van der Waals surface area contributed by atoms with Crippen LogP contribution < -0.4 is 4.74 Å². The zero-order valence-electron chi connectivity index (χ0n) is 13.9. The molecule has 0 bridgehead atoms. The van der Waals surface area contributed by atoms with Gasteiger partial charge in [0.05, 0.1) is 25.6 Å². The van der Waals surface area contributed by atoms with Crippen LogP contribution in [0.25, 0.3) is 0 Å². The molecule has 1 aromatic rings. The summed E-state index contributed by atoms with van der Waals surface area (Å²) >= 11 is 0. The molecular weight excluding hydrogens is 294 g/mol. The van der Waals surface area contributed by atoms with Gasteiger partial charge in [-0.05, 0) is 44.4 Å². The third kappa shape index (κ3) is 4.98. The SMILES string of the molecule is CCOC(=O)[C@H]1CCCN(C(=O)Cc2ccc(OCC)cc2)C1. The van der Waals surface area contributed by atoms with Gasteiger partial charge in [0.1, 0.15) is 5.75 Å². The number of nitrogens with zero attached hydrogens (tertiary/aromatic N) is 1. The number of esters is 1. The fourth-order valence-corrected chi connectivity index (χ4v) is 2.81. The highest BCUT2D eigenvalue weighted by Gasteiger charge is 2.29. The van der Waals surface area contributed by atoms with E-state index < -0.39 is 0 Å². The second-order valence-electron chi connectivity index (χ2n) is 5.68. The lowest BCUT2D eigenvalue weighted by Crippen LogP contribution is -2.43. The standard InChI is InChI=1S/C18H25NO4/c1-3-22-16-9-7-14(8-10-16)12-17(20)19-11-5-6-15(13-19)18(21)23-4-2/h7-10,15H,3-6,11-13H2,1-2H3/t15-/m0/s1. The Morgan fingerprint density at radius 3 is 2.57 bits per heavy atom. The van der Waals surface area contributed by atoms with Gasteiger partial charge in [0.15, 0.2) is 0 Å². The first-order valence-electron chi connectivity index (χ1n) is 8.30. The molecule has 1 aromatic carbocycles. The largest absolute Gasteiger partial charge is 0.494 e. The van der Waals surface area contributed by atoms with Crippen LogP contribution in [0.2, 0.25) is 0 Å². The molecule has 1 aliphatic heterocycles. The van der Waals surface area contributed by atoms with Gasteiger partial charge in [-0.25, -0.2) is 0 Å². The number of piperidine rings is 1. The maximum atomic E-state index is 12.4. The van der Waals surface area contributed by atoms with E-state index in [1.165, 1.54) is 0 Å². The molecule has 0 aliphatic carbocycles. The van der Waals surface area contributed by atoms with Crippen LogP contribution in [0.15, 0.2) is 24.3 Å². The van der Waals surface area contributed by atoms with Crippen molar-refractivity contribution < 1.29 is 19.1 Å². The van der Waals surface area contributed by atoms with Gasteiger partial charge in [-0.2, -0.15) is 0 Å². The Hall–Kier alpha value is -2.04. The van der Waals surface area contributed by atoms with E-state index in [-0.39, 0.29) is 17.8 Å². The van der Waals surface area contributed by atoms with Gasteiger partial charge in [-0.1, -0.05) is 12.1 Å². The molecule has 1 amide bonds. The van der Waals surface area contributed by atoms with Crippen molar-refractivity contribution in [3.63, 3.8) is 0 Å². The lowest BCUT2D eigenvalue weighted by molar-refractivity contribution is -0.151. The number of hydrogen-bond donors (Lipinski definition) is 0. The van der Waals surface area contributed by atoms with Crippen molar-refractivity contribution in [2.45, 2.75) is 33.1 Å². The van der Waals surface area contributed by atoms with Crippen molar-refractivity contribution in [1.29, 1.82) is 0 Å². The molecule has 0 aromatic heterocycles. The van der Waals surface area contributed by atoms with Gasteiger partial charge in [-0.15, -0.1) is 0 Å². The zero-order valence-corrected chi connectivity index (χ0v) is 13.9. The van der Waals surface area contributed by atoms with Crippen molar-refractivity contribution in [3.8, 4) is 5.75 Å². The molecule has 1 heterocycles. The van der Waals surface area contributed by atoms with Crippen molar-refractivity contribution in [1.82, 2.24) is 4.90 Å². The Kier molecular flexibility index (Phi) is 6.44. The first-order valence-corrected chi connectivity index (χ1v) is 8.30. The second kappa shape index (κ2) is 8.56. The Labute approximate surface area is 137 Å². The highest BCUT2D eigenvalue weighted by atomic mass is 16.5. The van der Waals surface area contributed by atoms with Crippen molar-refractivity contribution in [2.24, 2.45) is 5.92 Å². The monoisotopic (exact) mass is 319 g/mol. The topological polar surface area (TPSA) is 55.8 Å². The van der Waals surface area contributed by atoms with Crippen LogP contribution >= 0.6 is 0 Å². The van der Waals surface area contributed by atoms with E-state index in [9.17, 15) is 9.59 Å². The molecule has 0 saturated carbocycles. The van der Waals surface area contributed by atoms with E-state index in [0.29, 0.717) is 32.7 Å². The molecule has 1 fully saturated rings. The smallest absolute Gasteiger partial charge is 0.310 e. The number of rotatable bonds is 6. The number of likely N-dealkylation sites (tertiary alicyclic amines) is 1. The molecule has 1 atom stereocenters. The molecule has 23 heavy (non-hydrogen) atoms. The highest BCUT2D eigenvalue weighted by Crippen LogP contribution is 2.19. The molecule has 2 rings (SSSR count). The summed E-state index contributed by atoms with van der Waals surface area (Å²) in [6.45, 7) is 5.93. The molecule has 1 saturated heterocycles. The Bertz CT molecular complexity index is 526. The lowest BCUT2D eigenvalue weighted by Gasteiger charge is -2.31. The third-order valence-corrected chi connectivity index (χ3v) is 3.98. The molecule has 5 heteroatoms. The van der Waals surface area contributed by atoms with Crippen LogP contribution in [-0.2, 0) is 20.7 Å². The number of carbonyl (C=O) groups is 2. The van der Waals surface area contributed by atoms with E-state index >= 15 is 0 Å². The summed E-state index contributed by atoms with van der Waals surface area (Å²) in [5, 5.41) is 0. The average Bonchev–Trinajstić information content (AvgIpc) is 2.57. The maximum Gasteiger partial charge on any atom is 0.310 e. The van der Waals surface area contributed by atoms with Crippen molar-refractivity contribution in [2.75, 3.05) is 26.3 Å². The number of ether oxygens (including phenoxy) is 2. The first-order chi connectivity index (χ1) is 11.1. The minimum absolute atomic E-state index is 0.0585. The van der Waals surface area contributed by atoms with Gasteiger partial charge in [0, 0.05) is 13.1 Å². The zero-order chi connectivity index (χ0) is 16.7. The van der Waals surface area contributed by atoms with Crippen LogP contribution in [0.1, 0.15) is 32.3 Å². The summed E-state index contributed by atoms with van der Waals surface area (Å²) in [6.07, 6.45) is 1.99. The van der Waals surface area contributed by atoms with Crippen molar-refractivity contribution >= 4 is 11.9 Å². The van der Waals surface area contributed by atoms with E-state index in [1.807, 2.05) is 31.2 Å². The number of benzene rings is 1. The third-order valence-electron chi connectivity index (χ3n) is 3.98. The molecule has 5 nitrogen and oxygen atoms in total. The molecule has 126 valence electrons. The first kappa shape index (κ1) is 17.3. The van der Waals surface area contributed by atoms with Gasteiger partial charge < -0.3 is 14.4 Å². The fraction of sp³-hybridized carbons (Fsp3) is 0.556. The average molecular weight is 319 g/mol. The van der Waals surface area contributed by atoms with E-state index in [1.54, 1.807) is 11.8 Å². The van der Waals surface area contributed by atoms with Crippen LogP contribution in [0.5, 0.6) is 5.75 Å². The summed E-state index contributed by atoms with van der Waals surface area (Å²) < 4.78 is 10.5. The number of amides is 1. The van der Waals surface area contributed by atoms with E-state index in [2.05, 4.69) is 0 Å². The minimum Gasteiger partial charge on any atom is -0.494 e. The molecule has 1 aliphatic rings. The molecule has 0 N–H and O–H groups in total. The summed E-state index contributed by atoms with van der Waals surface area (Å²) in [6, 6.07) is 7.58. The van der Waals surface area contributed by atoms with Crippen LogP contribution in [-0.4, -0.2) is 43.1 Å². The quantitative estimate of drug-likeness (QED) is 0.756. The van der Waals surface area contributed by atoms with E-state index in [0.717, 1.165) is 24.2 Å². The summed E-state index contributed by atoms with van der Waals surface area (Å²) in [5.74, 6) is 0.492. The number of carbonyl (C=O) groups excluding carboxylic acids is 2. The Morgan fingerprint density at radius 2 is 1.91 bits per heavy atom. The van der Waals surface area contributed by atoms with E-state index in [4.69, 9.17) is 9.47 Å². The van der Waals surface area contributed by atoms with Crippen LogP contribution in [0, 0.1) is 5.92 Å². The predicted octanol–water partition coefficient (Wildman–Crippen LogP) is 2.43. The van der Waals surface area contributed by atoms with Crippen LogP contribution in [0.3, 0.4) is 0 Å². The maximum absolute atomic E-state index is 12.4. The summed E-state index contributed by atoms with van der Waals surface area (Å²) in [5.41, 5.74) is 0.955. The van der Waals surface area contributed by atoms with Crippen molar-refractivity contribution in [3.05, 3.63) is 29.8 Å². The van der Waals surface area contributed by atoms with Gasteiger partial charge in [0.2, 0.25) is 5.91 Å². The summed E-state index contributed by atoms with van der Waals surface area (Å²) in [7, 11) is 0. The lowest BCUT2D eigenvalue weighted by atomic mass is 9.97. The summed E-state index contributed by atoms with van der Waals surface area (Å²) in [4.78, 5) is 26.1. The van der Waals surface area contributed by atoms with Gasteiger partial charge in [-0.3, -0.25) is 9.59 Å². The van der Waals surface area contributed by atoms with Gasteiger partial charge >= 0.3 is 5.97 Å². The Balaban J connectivity index is 1.90. The van der Waals surface area contributed by atoms with Crippen LogP contribution in [0.4, 0.5) is 0 Å².